The van der Waals surface area contributed by atoms with Crippen LogP contribution >= 0.6 is 0 Å². The van der Waals surface area contributed by atoms with Gasteiger partial charge in [-0.15, -0.1) is 0 Å². The Morgan fingerprint density at radius 3 is 2.12 bits per heavy atom. The Labute approximate surface area is 149 Å². The van der Waals surface area contributed by atoms with Crippen LogP contribution in [0.25, 0.3) is 0 Å². The maximum atomic E-state index is 9.81. The minimum absolute atomic E-state index is 0.0633. The first-order valence-electron chi connectivity index (χ1n) is 9.03. The summed E-state index contributed by atoms with van der Waals surface area (Å²) in [6.45, 7) is 1.66. The molecule has 3 rings (SSSR count). The van der Waals surface area contributed by atoms with Gasteiger partial charge in [0.1, 0.15) is 5.75 Å². The molecule has 0 atom stereocenters. The summed E-state index contributed by atoms with van der Waals surface area (Å²) in [4.78, 5) is 2.44. The number of rotatable bonds is 6. The SMILES string of the molecule is OCc1ccc(CN(Cc2cccc(O)c2)C2CCC(O)CC2)cc1. The lowest BCUT2D eigenvalue weighted by atomic mass is 9.91. The van der Waals surface area contributed by atoms with Crippen molar-refractivity contribution < 1.29 is 15.3 Å². The van der Waals surface area contributed by atoms with Gasteiger partial charge in [-0.25, -0.2) is 0 Å². The predicted octanol–water partition coefficient (Wildman–Crippen LogP) is 3.19. The molecular formula is C21H27NO3. The van der Waals surface area contributed by atoms with E-state index in [-0.39, 0.29) is 12.7 Å². The van der Waals surface area contributed by atoms with Gasteiger partial charge in [-0.1, -0.05) is 36.4 Å². The van der Waals surface area contributed by atoms with Crippen molar-refractivity contribution >= 4 is 0 Å². The number of aromatic hydroxyl groups is 1. The molecule has 4 heteroatoms. The van der Waals surface area contributed by atoms with Crippen molar-refractivity contribution in [3.8, 4) is 5.75 Å². The summed E-state index contributed by atoms with van der Waals surface area (Å²) in [6.07, 6.45) is 3.53. The molecule has 0 spiro atoms. The Balaban J connectivity index is 1.75. The Kier molecular flexibility index (Phi) is 6.08. The summed E-state index contributed by atoms with van der Waals surface area (Å²) in [5.41, 5.74) is 3.23. The van der Waals surface area contributed by atoms with E-state index in [1.807, 2.05) is 30.3 Å². The molecular weight excluding hydrogens is 314 g/mol. The standard InChI is InChI=1S/C21H27NO3/c23-15-17-6-4-16(5-7-17)13-22(19-8-10-20(24)11-9-19)14-18-2-1-3-21(25)12-18/h1-7,12,19-20,23-25H,8-11,13-15H2. The maximum absolute atomic E-state index is 9.81. The van der Waals surface area contributed by atoms with Crippen LogP contribution in [0.15, 0.2) is 48.5 Å². The van der Waals surface area contributed by atoms with Gasteiger partial charge in [0.15, 0.2) is 0 Å². The Bertz CT molecular complexity index is 663. The van der Waals surface area contributed by atoms with Crippen molar-refractivity contribution in [2.24, 2.45) is 0 Å². The van der Waals surface area contributed by atoms with Crippen LogP contribution in [-0.4, -0.2) is 32.4 Å². The van der Waals surface area contributed by atoms with Crippen molar-refractivity contribution in [2.75, 3.05) is 0 Å². The highest BCUT2D eigenvalue weighted by Crippen LogP contribution is 2.26. The number of benzene rings is 2. The fourth-order valence-corrected chi connectivity index (χ4v) is 3.61. The molecule has 0 radical (unpaired) electrons. The molecule has 0 aromatic heterocycles. The highest BCUT2D eigenvalue weighted by Gasteiger charge is 2.25. The van der Waals surface area contributed by atoms with Crippen LogP contribution < -0.4 is 0 Å². The topological polar surface area (TPSA) is 63.9 Å². The van der Waals surface area contributed by atoms with Gasteiger partial charge in [0.2, 0.25) is 0 Å². The minimum atomic E-state index is -0.164. The van der Waals surface area contributed by atoms with Gasteiger partial charge in [0, 0.05) is 19.1 Å². The average Bonchev–Trinajstić information content (AvgIpc) is 2.62. The summed E-state index contributed by atoms with van der Waals surface area (Å²) in [5.74, 6) is 0.295. The first-order valence-corrected chi connectivity index (χ1v) is 9.03. The average molecular weight is 341 g/mol. The molecule has 0 heterocycles. The van der Waals surface area contributed by atoms with E-state index in [1.54, 1.807) is 6.07 Å². The van der Waals surface area contributed by atoms with Crippen LogP contribution in [0, 0.1) is 0 Å². The molecule has 0 saturated heterocycles. The molecule has 1 saturated carbocycles. The van der Waals surface area contributed by atoms with Gasteiger partial charge >= 0.3 is 0 Å². The molecule has 2 aromatic rings. The predicted molar refractivity (Wildman–Crippen MR) is 98.0 cm³/mol. The Morgan fingerprint density at radius 1 is 0.840 bits per heavy atom. The number of hydrogen-bond acceptors (Lipinski definition) is 4. The van der Waals surface area contributed by atoms with E-state index < -0.39 is 0 Å². The van der Waals surface area contributed by atoms with Crippen LogP contribution in [0.5, 0.6) is 5.75 Å². The van der Waals surface area contributed by atoms with Crippen molar-refractivity contribution in [1.29, 1.82) is 0 Å². The number of phenolic OH excluding ortho intramolecular Hbond substituents is 1. The van der Waals surface area contributed by atoms with Gasteiger partial charge in [-0.2, -0.15) is 0 Å². The van der Waals surface area contributed by atoms with E-state index in [2.05, 4.69) is 17.0 Å². The third-order valence-electron chi connectivity index (χ3n) is 5.07. The first kappa shape index (κ1) is 17.9. The van der Waals surface area contributed by atoms with Gasteiger partial charge in [-0.3, -0.25) is 4.90 Å². The fraction of sp³-hybridized carbons (Fsp3) is 0.429. The molecule has 0 unspecified atom stereocenters. The Hall–Kier alpha value is -1.88. The maximum Gasteiger partial charge on any atom is 0.115 e. The molecule has 1 fully saturated rings. The summed E-state index contributed by atoms with van der Waals surface area (Å²) in [5, 5.41) is 28.8. The van der Waals surface area contributed by atoms with Crippen LogP contribution in [-0.2, 0) is 19.7 Å². The van der Waals surface area contributed by atoms with Crippen molar-refractivity contribution in [2.45, 2.75) is 57.5 Å². The highest BCUT2D eigenvalue weighted by molar-refractivity contribution is 5.27. The van der Waals surface area contributed by atoms with Gasteiger partial charge in [0.05, 0.1) is 12.7 Å². The lowest BCUT2D eigenvalue weighted by molar-refractivity contribution is 0.0665. The fourth-order valence-electron chi connectivity index (χ4n) is 3.61. The zero-order chi connectivity index (χ0) is 17.6. The summed E-state index contributed by atoms with van der Waals surface area (Å²) in [6, 6.07) is 15.9. The second-order valence-corrected chi connectivity index (χ2v) is 7.01. The number of phenols is 1. The zero-order valence-electron chi connectivity index (χ0n) is 14.5. The van der Waals surface area contributed by atoms with Gasteiger partial charge in [0.25, 0.3) is 0 Å². The summed E-state index contributed by atoms with van der Waals surface area (Å²) in [7, 11) is 0. The molecule has 1 aliphatic carbocycles. The quantitative estimate of drug-likeness (QED) is 0.755. The van der Waals surface area contributed by atoms with Crippen LogP contribution in [0.4, 0.5) is 0 Å². The van der Waals surface area contributed by atoms with E-state index in [9.17, 15) is 15.3 Å². The molecule has 3 N–H and O–H groups in total. The van der Waals surface area contributed by atoms with Crippen molar-refractivity contribution in [3.05, 3.63) is 65.2 Å². The molecule has 25 heavy (non-hydrogen) atoms. The minimum Gasteiger partial charge on any atom is -0.508 e. The van der Waals surface area contributed by atoms with Gasteiger partial charge < -0.3 is 15.3 Å². The second kappa shape index (κ2) is 8.48. The summed E-state index contributed by atoms with van der Waals surface area (Å²) < 4.78 is 0. The lowest BCUT2D eigenvalue weighted by Gasteiger charge is -2.36. The van der Waals surface area contributed by atoms with E-state index in [4.69, 9.17) is 0 Å². The molecule has 134 valence electrons. The molecule has 0 amide bonds. The van der Waals surface area contributed by atoms with E-state index in [0.29, 0.717) is 11.8 Å². The smallest absolute Gasteiger partial charge is 0.115 e. The van der Waals surface area contributed by atoms with Crippen LogP contribution in [0.3, 0.4) is 0 Å². The van der Waals surface area contributed by atoms with E-state index in [0.717, 1.165) is 49.9 Å². The zero-order valence-corrected chi connectivity index (χ0v) is 14.5. The largest absolute Gasteiger partial charge is 0.508 e. The normalized spacial score (nSPS) is 20.8. The highest BCUT2D eigenvalue weighted by atomic mass is 16.3. The summed E-state index contributed by atoms with van der Waals surface area (Å²) >= 11 is 0. The van der Waals surface area contributed by atoms with Crippen molar-refractivity contribution in [3.63, 3.8) is 0 Å². The molecule has 0 aliphatic heterocycles. The third-order valence-corrected chi connectivity index (χ3v) is 5.07. The lowest BCUT2D eigenvalue weighted by Crippen LogP contribution is -2.38. The number of aliphatic hydroxyl groups excluding tert-OH is 2. The van der Waals surface area contributed by atoms with E-state index >= 15 is 0 Å². The third kappa shape index (κ3) is 5.05. The Morgan fingerprint density at radius 2 is 1.48 bits per heavy atom. The second-order valence-electron chi connectivity index (χ2n) is 7.01. The molecule has 0 bridgehead atoms. The first-order chi connectivity index (χ1) is 12.1. The molecule has 2 aromatic carbocycles. The molecule has 4 nitrogen and oxygen atoms in total. The van der Waals surface area contributed by atoms with E-state index in [1.165, 1.54) is 5.56 Å². The van der Waals surface area contributed by atoms with Gasteiger partial charge in [-0.05, 0) is 54.5 Å². The number of nitrogens with zero attached hydrogens (tertiary/aromatic N) is 1. The monoisotopic (exact) mass is 341 g/mol. The van der Waals surface area contributed by atoms with Crippen molar-refractivity contribution in [1.82, 2.24) is 4.90 Å². The van der Waals surface area contributed by atoms with Crippen LogP contribution in [0.2, 0.25) is 0 Å². The number of hydrogen-bond donors (Lipinski definition) is 3. The molecule has 1 aliphatic rings. The van der Waals surface area contributed by atoms with Crippen LogP contribution in [0.1, 0.15) is 42.4 Å². The number of aliphatic hydroxyl groups is 2.